The molecule has 0 aliphatic heterocycles. The van der Waals surface area contributed by atoms with Gasteiger partial charge < -0.3 is 14.9 Å². The van der Waals surface area contributed by atoms with Gasteiger partial charge in [0.2, 0.25) is 0 Å². The predicted molar refractivity (Wildman–Crippen MR) is 86.8 cm³/mol. The minimum atomic E-state index is -0.00709. The lowest BCUT2D eigenvalue weighted by Gasteiger charge is -2.24. The van der Waals surface area contributed by atoms with Crippen LogP contribution in [0.1, 0.15) is 43.1 Å². The van der Waals surface area contributed by atoms with Gasteiger partial charge in [0.25, 0.3) is 5.91 Å². The molecule has 4 heteroatoms. The number of carbonyl (C=O) groups excluding carboxylic acids is 1. The molecule has 0 saturated heterocycles. The lowest BCUT2D eigenvalue weighted by molar-refractivity contribution is 0.0757. The van der Waals surface area contributed by atoms with Crippen LogP contribution in [0.3, 0.4) is 0 Å². The molecule has 1 aromatic carbocycles. The molecular formula is C17H28N2O2. The first-order valence-electron chi connectivity index (χ1n) is 7.84. The van der Waals surface area contributed by atoms with Crippen LogP contribution in [0.5, 0.6) is 5.75 Å². The van der Waals surface area contributed by atoms with E-state index in [1.807, 2.05) is 18.7 Å². The first-order valence-corrected chi connectivity index (χ1v) is 7.84. The van der Waals surface area contributed by atoms with E-state index in [9.17, 15) is 9.90 Å². The van der Waals surface area contributed by atoms with E-state index in [0.29, 0.717) is 12.1 Å². The van der Waals surface area contributed by atoms with E-state index in [1.165, 1.54) is 0 Å². The second kappa shape index (κ2) is 8.67. The SMILES string of the molecule is CCN(CC)CCCN(CC)C(=O)c1ccc(C)c(O)c1. The number of rotatable bonds is 8. The molecule has 0 radical (unpaired) electrons. The van der Waals surface area contributed by atoms with Gasteiger partial charge in [-0.2, -0.15) is 0 Å². The Morgan fingerprint density at radius 3 is 2.29 bits per heavy atom. The third-order valence-electron chi connectivity index (χ3n) is 3.92. The average Bonchev–Trinajstić information content (AvgIpc) is 2.50. The maximum Gasteiger partial charge on any atom is 0.253 e. The fraction of sp³-hybridized carbons (Fsp3) is 0.588. The maximum atomic E-state index is 12.5. The van der Waals surface area contributed by atoms with Crippen LogP contribution in [0.15, 0.2) is 18.2 Å². The van der Waals surface area contributed by atoms with Crippen LogP contribution in [0.25, 0.3) is 0 Å². The van der Waals surface area contributed by atoms with Gasteiger partial charge in [0.1, 0.15) is 5.75 Å². The molecule has 118 valence electrons. The van der Waals surface area contributed by atoms with Crippen LogP contribution >= 0.6 is 0 Å². The fourth-order valence-electron chi connectivity index (χ4n) is 2.35. The summed E-state index contributed by atoms with van der Waals surface area (Å²) in [6.07, 6.45) is 0.971. The zero-order valence-corrected chi connectivity index (χ0v) is 13.7. The number of aromatic hydroxyl groups is 1. The normalized spacial score (nSPS) is 10.9. The largest absolute Gasteiger partial charge is 0.508 e. The molecule has 4 nitrogen and oxygen atoms in total. The fourth-order valence-corrected chi connectivity index (χ4v) is 2.35. The second-order valence-corrected chi connectivity index (χ2v) is 5.27. The van der Waals surface area contributed by atoms with E-state index >= 15 is 0 Å². The summed E-state index contributed by atoms with van der Waals surface area (Å²) in [6, 6.07) is 5.13. The zero-order chi connectivity index (χ0) is 15.8. The Morgan fingerprint density at radius 2 is 1.76 bits per heavy atom. The number of amides is 1. The van der Waals surface area contributed by atoms with Crippen LogP contribution < -0.4 is 0 Å². The van der Waals surface area contributed by atoms with Crippen molar-refractivity contribution >= 4 is 5.91 Å². The van der Waals surface area contributed by atoms with Crippen molar-refractivity contribution in [1.82, 2.24) is 9.80 Å². The summed E-state index contributed by atoms with van der Waals surface area (Å²) in [5, 5.41) is 9.74. The van der Waals surface area contributed by atoms with Crippen molar-refractivity contribution in [2.24, 2.45) is 0 Å². The van der Waals surface area contributed by atoms with Crippen LogP contribution in [0, 0.1) is 6.92 Å². The lowest BCUT2D eigenvalue weighted by Crippen LogP contribution is -2.34. The molecule has 0 aliphatic carbocycles. The third kappa shape index (κ3) is 5.05. The van der Waals surface area contributed by atoms with Crippen molar-refractivity contribution in [3.63, 3.8) is 0 Å². The molecule has 0 heterocycles. The highest BCUT2D eigenvalue weighted by Gasteiger charge is 2.15. The van der Waals surface area contributed by atoms with E-state index in [0.717, 1.165) is 38.2 Å². The van der Waals surface area contributed by atoms with Gasteiger partial charge in [-0.3, -0.25) is 4.79 Å². The molecule has 1 amide bonds. The molecule has 0 fully saturated rings. The van der Waals surface area contributed by atoms with Gasteiger partial charge in [-0.05, 0) is 57.6 Å². The van der Waals surface area contributed by atoms with Gasteiger partial charge in [0, 0.05) is 18.7 Å². The first kappa shape index (κ1) is 17.5. The minimum absolute atomic E-state index is 0.00709. The summed E-state index contributed by atoms with van der Waals surface area (Å²) < 4.78 is 0. The summed E-state index contributed by atoms with van der Waals surface area (Å²) in [5.41, 5.74) is 1.35. The number of hydrogen-bond donors (Lipinski definition) is 1. The first-order chi connectivity index (χ1) is 10.0. The molecule has 1 rings (SSSR count). The summed E-state index contributed by atoms with van der Waals surface area (Å²) >= 11 is 0. The van der Waals surface area contributed by atoms with Crippen molar-refractivity contribution in [2.45, 2.75) is 34.1 Å². The van der Waals surface area contributed by atoms with Crippen molar-refractivity contribution in [3.05, 3.63) is 29.3 Å². The second-order valence-electron chi connectivity index (χ2n) is 5.27. The van der Waals surface area contributed by atoms with E-state index in [2.05, 4.69) is 18.7 Å². The number of benzene rings is 1. The highest BCUT2D eigenvalue weighted by atomic mass is 16.3. The summed E-state index contributed by atoms with van der Waals surface area (Å²) in [7, 11) is 0. The lowest BCUT2D eigenvalue weighted by atomic mass is 10.1. The Hall–Kier alpha value is -1.55. The Bertz CT molecular complexity index is 456. The van der Waals surface area contributed by atoms with Crippen LogP contribution in [-0.4, -0.2) is 53.5 Å². The maximum absolute atomic E-state index is 12.5. The van der Waals surface area contributed by atoms with Gasteiger partial charge in [-0.25, -0.2) is 0 Å². The summed E-state index contributed by atoms with van der Waals surface area (Å²) in [6.45, 7) is 12.7. The van der Waals surface area contributed by atoms with Gasteiger partial charge in [-0.1, -0.05) is 19.9 Å². The minimum Gasteiger partial charge on any atom is -0.508 e. The van der Waals surface area contributed by atoms with Crippen molar-refractivity contribution in [1.29, 1.82) is 0 Å². The summed E-state index contributed by atoms with van der Waals surface area (Å²) in [5.74, 6) is 0.174. The number of aryl methyl sites for hydroxylation is 1. The number of nitrogens with zero attached hydrogens (tertiary/aromatic N) is 2. The zero-order valence-electron chi connectivity index (χ0n) is 13.7. The molecule has 0 atom stereocenters. The van der Waals surface area contributed by atoms with Crippen LogP contribution in [0.4, 0.5) is 0 Å². The molecule has 0 saturated carbocycles. The molecule has 0 aliphatic rings. The van der Waals surface area contributed by atoms with Crippen molar-refractivity contribution in [2.75, 3.05) is 32.7 Å². The highest BCUT2D eigenvalue weighted by molar-refractivity contribution is 5.94. The quantitative estimate of drug-likeness (QED) is 0.801. The molecule has 0 bridgehead atoms. The third-order valence-corrected chi connectivity index (χ3v) is 3.92. The topological polar surface area (TPSA) is 43.8 Å². The Morgan fingerprint density at radius 1 is 1.10 bits per heavy atom. The van der Waals surface area contributed by atoms with Gasteiger partial charge >= 0.3 is 0 Å². The molecule has 1 aromatic rings. The Labute approximate surface area is 128 Å². The van der Waals surface area contributed by atoms with Crippen LogP contribution in [0.2, 0.25) is 0 Å². The standard InChI is InChI=1S/C17H28N2O2/c1-5-18(6-2)11-8-12-19(7-3)17(21)15-10-9-14(4)16(20)13-15/h9-10,13,20H,5-8,11-12H2,1-4H3. The van der Waals surface area contributed by atoms with Crippen LogP contribution in [-0.2, 0) is 0 Å². The molecular weight excluding hydrogens is 264 g/mol. The van der Waals surface area contributed by atoms with Gasteiger partial charge in [0.15, 0.2) is 0 Å². The highest BCUT2D eigenvalue weighted by Crippen LogP contribution is 2.18. The molecule has 1 N–H and O–H groups in total. The molecule has 0 aromatic heterocycles. The summed E-state index contributed by atoms with van der Waals surface area (Å²) in [4.78, 5) is 16.7. The molecule has 0 unspecified atom stereocenters. The van der Waals surface area contributed by atoms with Crippen molar-refractivity contribution in [3.8, 4) is 5.75 Å². The van der Waals surface area contributed by atoms with Gasteiger partial charge in [0.05, 0.1) is 0 Å². The Balaban J connectivity index is 2.62. The monoisotopic (exact) mass is 292 g/mol. The van der Waals surface area contributed by atoms with Gasteiger partial charge in [-0.15, -0.1) is 0 Å². The number of hydrogen-bond acceptors (Lipinski definition) is 3. The van der Waals surface area contributed by atoms with E-state index < -0.39 is 0 Å². The van der Waals surface area contributed by atoms with E-state index in [1.54, 1.807) is 18.2 Å². The smallest absolute Gasteiger partial charge is 0.253 e. The number of phenolic OH excluding ortho intramolecular Hbond substituents is 1. The molecule has 0 spiro atoms. The van der Waals surface area contributed by atoms with Crippen molar-refractivity contribution < 1.29 is 9.90 Å². The Kier molecular flexibility index (Phi) is 7.23. The number of phenols is 1. The van der Waals surface area contributed by atoms with E-state index in [-0.39, 0.29) is 11.7 Å². The average molecular weight is 292 g/mol. The number of carbonyl (C=O) groups is 1. The molecule has 21 heavy (non-hydrogen) atoms. The van der Waals surface area contributed by atoms with E-state index in [4.69, 9.17) is 0 Å². The predicted octanol–water partition coefficient (Wildman–Crippen LogP) is 2.89.